The smallest absolute Gasteiger partial charge is 0.322 e. The number of aromatic nitrogens is 3. The fraction of sp³-hybridized carbons (Fsp3) is 0.786. The van der Waals surface area contributed by atoms with Gasteiger partial charge < -0.3 is 20.5 Å². The summed E-state index contributed by atoms with van der Waals surface area (Å²) in [5.74, 6) is 1.59. The molecule has 1 fully saturated rings. The molecule has 118 valence electrons. The highest BCUT2D eigenvalue weighted by Gasteiger charge is 2.31. The van der Waals surface area contributed by atoms with Gasteiger partial charge in [0.05, 0.1) is 12.7 Å². The Bertz CT molecular complexity index is 461. The van der Waals surface area contributed by atoms with Crippen LogP contribution in [0.15, 0.2) is 0 Å². The molecule has 1 aliphatic carbocycles. The molecule has 0 saturated heterocycles. The van der Waals surface area contributed by atoms with Crippen LogP contribution < -0.4 is 15.4 Å². The molecule has 0 amide bonds. The Balaban J connectivity index is 2.00. The Labute approximate surface area is 125 Å². The second-order valence-corrected chi connectivity index (χ2v) is 5.76. The van der Waals surface area contributed by atoms with Crippen LogP contribution in [0.2, 0.25) is 0 Å². The van der Waals surface area contributed by atoms with Crippen molar-refractivity contribution in [3.05, 3.63) is 0 Å². The van der Waals surface area contributed by atoms with Crippen molar-refractivity contribution in [2.24, 2.45) is 5.92 Å². The van der Waals surface area contributed by atoms with E-state index in [4.69, 9.17) is 4.74 Å². The molecule has 0 aliphatic heterocycles. The van der Waals surface area contributed by atoms with Gasteiger partial charge in [0.1, 0.15) is 0 Å². The Morgan fingerprint density at radius 3 is 2.38 bits per heavy atom. The summed E-state index contributed by atoms with van der Waals surface area (Å²) < 4.78 is 5.07. The highest BCUT2D eigenvalue weighted by Crippen LogP contribution is 2.31. The predicted molar refractivity (Wildman–Crippen MR) is 81.6 cm³/mol. The number of hydrogen-bond acceptors (Lipinski definition) is 7. The van der Waals surface area contributed by atoms with Crippen LogP contribution in [0.3, 0.4) is 0 Å². The van der Waals surface area contributed by atoms with Crippen molar-refractivity contribution in [3.8, 4) is 6.01 Å². The first-order valence-corrected chi connectivity index (χ1v) is 7.55. The SMILES string of the molecule is CCNc1nc(NCC2(O)CCC(C)CC2)nc(OC)n1. The van der Waals surface area contributed by atoms with E-state index in [2.05, 4.69) is 32.5 Å². The second kappa shape index (κ2) is 6.89. The molecule has 1 aromatic heterocycles. The lowest BCUT2D eigenvalue weighted by Crippen LogP contribution is -2.40. The number of hydrogen-bond donors (Lipinski definition) is 3. The Kier molecular flexibility index (Phi) is 5.17. The van der Waals surface area contributed by atoms with Crippen LogP contribution in [-0.2, 0) is 0 Å². The lowest BCUT2D eigenvalue weighted by atomic mass is 9.79. The van der Waals surface area contributed by atoms with Gasteiger partial charge >= 0.3 is 6.01 Å². The quantitative estimate of drug-likeness (QED) is 0.735. The van der Waals surface area contributed by atoms with Gasteiger partial charge in [-0.15, -0.1) is 0 Å². The van der Waals surface area contributed by atoms with E-state index in [1.54, 1.807) is 0 Å². The van der Waals surface area contributed by atoms with E-state index in [0.717, 1.165) is 25.7 Å². The number of nitrogens with one attached hydrogen (secondary N) is 2. The highest BCUT2D eigenvalue weighted by atomic mass is 16.5. The summed E-state index contributed by atoms with van der Waals surface area (Å²) in [5.41, 5.74) is -0.676. The lowest BCUT2D eigenvalue weighted by Gasteiger charge is -2.34. The largest absolute Gasteiger partial charge is 0.467 e. The van der Waals surface area contributed by atoms with Crippen molar-refractivity contribution >= 4 is 11.9 Å². The molecule has 7 heteroatoms. The predicted octanol–water partition coefficient (Wildman–Crippen LogP) is 1.67. The van der Waals surface area contributed by atoms with Crippen molar-refractivity contribution in [2.45, 2.75) is 45.1 Å². The van der Waals surface area contributed by atoms with Gasteiger partial charge in [0, 0.05) is 13.1 Å². The molecule has 0 spiro atoms. The van der Waals surface area contributed by atoms with Gasteiger partial charge in [-0.05, 0) is 38.5 Å². The van der Waals surface area contributed by atoms with Gasteiger partial charge in [-0.2, -0.15) is 15.0 Å². The standard InChI is InChI=1S/C14H25N5O2/c1-4-15-11-17-12(19-13(18-11)21-3)16-9-14(20)7-5-10(2)6-8-14/h10,20H,4-9H2,1-3H3,(H2,15,16,17,18,19). The summed E-state index contributed by atoms with van der Waals surface area (Å²) in [6.45, 7) is 5.36. The maximum atomic E-state index is 10.6. The zero-order chi connectivity index (χ0) is 15.3. The van der Waals surface area contributed by atoms with Gasteiger partial charge in [-0.3, -0.25) is 0 Å². The number of anilines is 2. The molecule has 21 heavy (non-hydrogen) atoms. The minimum absolute atomic E-state index is 0.257. The first-order chi connectivity index (χ1) is 10.0. The van der Waals surface area contributed by atoms with Gasteiger partial charge in [0.15, 0.2) is 0 Å². The third-order valence-corrected chi connectivity index (χ3v) is 3.91. The van der Waals surface area contributed by atoms with E-state index in [0.29, 0.717) is 30.9 Å². The van der Waals surface area contributed by atoms with Crippen molar-refractivity contribution in [1.82, 2.24) is 15.0 Å². The van der Waals surface area contributed by atoms with Crippen LogP contribution in [0.4, 0.5) is 11.9 Å². The third-order valence-electron chi connectivity index (χ3n) is 3.91. The number of aliphatic hydroxyl groups is 1. The Hall–Kier alpha value is -1.63. The molecule has 1 heterocycles. The van der Waals surface area contributed by atoms with Crippen LogP contribution in [0.5, 0.6) is 6.01 Å². The third kappa shape index (κ3) is 4.42. The normalized spacial score (nSPS) is 25.4. The summed E-state index contributed by atoms with van der Waals surface area (Å²) in [7, 11) is 1.52. The van der Waals surface area contributed by atoms with Crippen LogP contribution >= 0.6 is 0 Å². The minimum atomic E-state index is -0.676. The number of nitrogens with zero attached hydrogens (tertiary/aromatic N) is 3. The summed E-state index contributed by atoms with van der Waals surface area (Å²) in [6, 6.07) is 0.257. The van der Waals surface area contributed by atoms with Gasteiger partial charge in [0.2, 0.25) is 11.9 Å². The molecule has 3 N–H and O–H groups in total. The molecule has 1 saturated carbocycles. The van der Waals surface area contributed by atoms with Gasteiger partial charge in [-0.1, -0.05) is 6.92 Å². The molecule has 0 aromatic carbocycles. The second-order valence-electron chi connectivity index (χ2n) is 5.76. The molecular weight excluding hydrogens is 270 g/mol. The van der Waals surface area contributed by atoms with Crippen LogP contribution in [-0.4, -0.2) is 45.9 Å². The molecule has 0 unspecified atom stereocenters. The van der Waals surface area contributed by atoms with Crippen LogP contribution in [0.1, 0.15) is 39.5 Å². The van der Waals surface area contributed by atoms with E-state index >= 15 is 0 Å². The van der Waals surface area contributed by atoms with Crippen molar-refractivity contribution in [2.75, 3.05) is 30.8 Å². The first-order valence-electron chi connectivity index (χ1n) is 7.55. The van der Waals surface area contributed by atoms with Gasteiger partial charge in [0.25, 0.3) is 0 Å². The van der Waals surface area contributed by atoms with Crippen LogP contribution in [0, 0.1) is 5.92 Å². The summed E-state index contributed by atoms with van der Waals surface area (Å²) in [5, 5.41) is 16.7. The number of methoxy groups -OCH3 is 1. The summed E-state index contributed by atoms with van der Waals surface area (Å²) in [4.78, 5) is 12.5. The molecule has 0 atom stereocenters. The van der Waals surface area contributed by atoms with Crippen LogP contribution in [0.25, 0.3) is 0 Å². The zero-order valence-corrected chi connectivity index (χ0v) is 13.0. The van der Waals surface area contributed by atoms with Gasteiger partial charge in [-0.25, -0.2) is 0 Å². The lowest BCUT2D eigenvalue weighted by molar-refractivity contribution is 0.00486. The number of ether oxygens (including phenoxy) is 1. The maximum absolute atomic E-state index is 10.6. The first kappa shape index (κ1) is 15.8. The van der Waals surface area contributed by atoms with Crippen molar-refractivity contribution in [1.29, 1.82) is 0 Å². The van der Waals surface area contributed by atoms with E-state index in [-0.39, 0.29) is 6.01 Å². The average molecular weight is 295 g/mol. The van der Waals surface area contributed by atoms with Crippen molar-refractivity contribution in [3.63, 3.8) is 0 Å². The van der Waals surface area contributed by atoms with Crippen molar-refractivity contribution < 1.29 is 9.84 Å². The maximum Gasteiger partial charge on any atom is 0.322 e. The molecule has 1 aromatic rings. The number of rotatable bonds is 6. The highest BCUT2D eigenvalue weighted by molar-refractivity contribution is 5.36. The summed E-state index contributed by atoms with van der Waals surface area (Å²) in [6.07, 6.45) is 3.73. The fourth-order valence-electron chi connectivity index (χ4n) is 2.48. The van der Waals surface area contributed by atoms with E-state index in [9.17, 15) is 5.11 Å². The monoisotopic (exact) mass is 295 g/mol. The molecule has 0 bridgehead atoms. The average Bonchev–Trinajstić information content (AvgIpc) is 2.49. The molecular formula is C14H25N5O2. The summed E-state index contributed by atoms with van der Waals surface area (Å²) >= 11 is 0. The Morgan fingerprint density at radius 1 is 1.19 bits per heavy atom. The molecule has 2 rings (SSSR count). The van der Waals surface area contributed by atoms with E-state index < -0.39 is 5.60 Å². The Morgan fingerprint density at radius 2 is 1.81 bits per heavy atom. The molecule has 1 aliphatic rings. The molecule has 7 nitrogen and oxygen atoms in total. The molecule has 0 radical (unpaired) electrons. The minimum Gasteiger partial charge on any atom is -0.467 e. The topological polar surface area (TPSA) is 92.2 Å². The van der Waals surface area contributed by atoms with E-state index in [1.807, 2.05) is 6.92 Å². The fourth-order valence-corrected chi connectivity index (χ4v) is 2.48. The van der Waals surface area contributed by atoms with E-state index in [1.165, 1.54) is 7.11 Å². The zero-order valence-electron chi connectivity index (χ0n) is 13.0.